The van der Waals surface area contributed by atoms with Crippen LogP contribution >= 0.6 is 0 Å². The standard InChI is InChI=1S/C10H18N2O3/c1-3-4-11-9-10(13)12-5-6-15-8-7-14-2/h1,11H,4-9H2,2H3,(H,12,13). The summed E-state index contributed by atoms with van der Waals surface area (Å²) in [5.74, 6) is 2.30. The number of carbonyl (C=O) groups is 1. The molecule has 0 aromatic heterocycles. The van der Waals surface area contributed by atoms with Crippen LogP contribution in [0.3, 0.4) is 0 Å². The molecule has 1 amide bonds. The van der Waals surface area contributed by atoms with Crippen LogP contribution in [0.5, 0.6) is 0 Å². The highest BCUT2D eigenvalue weighted by Crippen LogP contribution is 1.74. The molecule has 0 aliphatic heterocycles. The molecule has 86 valence electrons. The van der Waals surface area contributed by atoms with Crippen LogP contribution in [0.4, 0.5) is 0 Å². The van der Waals surface area contributed by atoms with E-state index in [0.29, 0.717) is 32.9 Å². The number of methoxy groups -OCH3 is 1. The van der Waals surface area contributed by atoms with Crippen LogP contribution in [0.15, 0.2) is 0 Å². The van der Waals surface area contributed by atoms with Crippen LogP contribution in [0.2, 0.25) is 0 Å². The Morgan fingerprint density at radius 3 is 2.87 bits per heavy atom. The van der Waals surface area contributed by atoms with Gasteiger partial charge in [-0.3, -0.25) is 10.1 Å². The van der Waals surface area contributed by atoms with E-state index in [2.05, 4.69) is 16.6 Å². The normalized spacial score (nSPS) is 9.60. The molecule has 0 atom stereocenters. The fourth-order valence-corrected chi connectivity index (χ4v) is 0.818. The van der Waals surface area contributed by atoms with Crippen molar-refractivity contribution in [3.05, 3.63) is 0 Å². The van der Waals surface area contributed by atoms with Crippen molar-refractivity contribution in [3.63, 3.8) is 0 Å². The Morgan fingerprint density at radius 2 is 2.20 bits per heavy atom. The number of rotatable bonds is 9. The summed E-state index contributed by atoms with van der Waals surface area (Å²) >= 11 is 0. The lowest BCUT2D eigenvalue weighted by Crippen LogP contribution is -2.35. The van der Waals surface area contributed by atoms with Gasteiger partial charge < -0.3 is 14.8 Å². The summed E-state index contributed by atoms with van der Waals surface area (Å²) in [4.78, 5) is 11.1. The maximum Gasteiger partial charge on any atom is 0.234 e. The van der Waals surface area contributed by atoms with E-state index in [9.17, 15) is 4.79 Å². The van der Waals surface area contributed by atoms with Crippen molar-refractivity contribution in [2.45, 2.75) is 0 Å². The predicted octanol–water partition coefficient (Wildman–Crippen LogP) is -1.01. The molecule has 0 bridgehead atoms. The van der Waals surface area contributed by atoms with Gasteiger partial charge in [0.2, 0.25) is 5.91 Å². The molecule has 15 heavy (non-hydrogen) atoms. The lowest BCUT2D eigenvalue weighted by Gasteiger charge is -2.06. The van der Waals surface area contributed by atoms with Gasteiger partial charge >= 0.3 is 0 Å². The van der Waals surface area contributed by atoms with Crippen molar-refractivity contribution in [1.29, 1.82) is 0 Å². The SMILES string of the molecule is C#CCNCC(=O)NCCOCCOC. The van der Waals surface area contributed by atoms with Gasteiger partial charge in [-0.2, -0.15) is 0 Å². The molecule has 0 saturated heterocycles. The molecular formula is C10H18N2O3. The van der Waals surface area contributed by atoms with E-state index in [4.69, 9.17) is 15.9 Å². The van der Waals surface area contributed by atoms with Crippen molar-refractivity contribution in [2.24, 2.45) is 0 Å². The minimum atomic E-state index is -0.0828. The number of nitrogens with one attached hydrogen (secondary N) is 2. The lowest BCUT2D eigenvalue weighted by atomic mass is 10.5. The maximum absolute atomic E-state index is 11.1. The number of hydrogen-bond acceptors (Lipinski definition) is 4. The van der Waals surface area contributed by atoms with Gasteiger partial charge in [0.15, 0.2) is 0 Å². The van der Waals surface area contributed by atoms with E-state index in [-0.39, 0.29) is 12.5 Å². The molecule has 0 spiro atoms. The van der Waals surface area contributed by atoms with Crippen molar-refractivity contribution in [1.82, 2.24) is 10.6 Å². The quantitative estimate of drug-likeness (QED) is 0.381. The van der Waals surface area contributed by atoms with Crippen LogP contribution in [0.1, 0.15) is 0 Å². The summed E-state index contributed by atoms with van der Waals surface area (Å²) in [5, 5.41) is 5.47. The molecule has 0 aliphatic carbocycles. The Kier molecular flexibility index (Phi) is 10.2. The van der Waals surface area contributed by atoms with Gasteiger partial charge in [-0.1, -0.05) is 5.92 Å². The zero-order valence-corrected chi connectivity index (χ0v) is 9.04. The van der Waals surface area contributed by atoms with Crippen LogP contribution in [-0.4, -0.2) is 52.5 Å². The van der Waals surface area contributed by atoms with Gasteiger partial charge in [-0.25, -0.2) is 0 Å². The predicted molar refractivity (Wildman–Crippen MR) is 57.4 cm³/mol. The second-order valence-electron chi connectivity index (χ2n) is 2.76. The lowest BCUT2D eigenvalue weighted by molar-refractivity contribution is -0.120. The van der Waals surface area contributed by atoms with Crippen molar-refractivity contribution < 1.29 is 14.3 Å². The van der Waals surface area contributed by atoms with E-state index in [1.54, 1.807) is 7.11 Å². The molecule has 0 rings (SSSR count). The highest BCUT2D eigenvalue weighted by atomic mass is 16.5. The van der Waals surface area contributed by atoms with Gasteiger partial charge in [0.25, 0.3) is 0 Å². The molecule has 0 unspecified atom stereocenters. The average molecular weight is 214 g/mol. The smallest absolute Gasteiger partial charge is 0.234 e. The van der Waals surface area contributed by atoms with Gasteiger partial charge in [-0.05, 0) is 0 Å². The van der Waals surface area contributed by atoms with Gasteiger partial charge in [0.05, 0.1) is 32.9 Å². The summed E-state index contributed by atoms with van der Waals surface area (Å²) in [5.41, 5.74) is 0. The van der Waals surface area contributed by atoms with E-state index in [1.807, 2.05) is 0 Å². The fraction of sp³-hybridized carbons (Fsp3) is 0.700. The monoisotopic (exact) mass is 214 g/mol. The number of amides is 1. The summed E-state index contributed by atoms with van der Waals surface area (Å²) in [6, 6.07) is 0. The molecule has 0 saturated carbocycles. The number of hydrogen-bond donors (Lipinski definition) is 2. The summed E-state index contributed by atoms with van der Waals surface area (Å²) in [7, 11) is 1.61. The first kappa shape index (κ1) is 13.9. The number of ether oxygens (including phenoxy) is 2. The third kappa shape index (κ3) is 10.8. The first-order chi connectivity index (χ1) is 7.31. The maximum atomic E-state index is 11.1. The average Bonchev–Trinajstić information content (AvgIpc) is 2.23. The van der Waals surface area contributed by atoms with E-state index < -0.39 is 0 Å². The van der Waals surface area contributed by atoms with E-state index in [1.165, 1.54) is 0 Å². The molecule has 0 aromatic rings. The van der Waals surface area contributed by atoms with E-state index in [0.717, 1.165) is 0 Å². The summed E-state index contributed by atoms with van der Waals surface area (Å²) in [6.07, 6.45) is 5.01. The first-order valence-electron chi connectivity index (χ1n) is 4.78. The van der Waals surface area contributed by atoms with Gasteiger partial charge in [-0.15, -0.1) is 6.42 Å². The van der Waals surface area contributed by atoms with Crippen LogP contribution in [0, 0.1) is 12.3 Å². The van der Waals surface area contributed by atoms with Crippen molar-refractivity contribution >= 4 is 5.91 Å². The van der Waals surface area contributed by atoms with Gasteiger partial charge in [0.1, 0.15) is 0 Å². The van der Waals surface area contributed by atoms with Crippen molar-refractivity contribution in [3.8, 4) is 12.3 Å². The highest BCUT2D eigenvalue weighted by molar-refractivity contribution is 5.77. The molecule has 0 heterocycles. The Bertz CT molecular complexity index is 201. The molecule has 0 aromatic carbocycles. The molecule has 5 nitrogen and oxygen atoms in total. The van der Waals surface area contributed by atoms with Crippen LogP contribution < -0.4 is 10.6 Å². The Hall–Kier alpha value is -1.09. The Labute approximate surface area is 90.5 Å². The third-order valence-corrected chi connectivity index (χ3v) is 1.51. The summed E-state index contributed by atoms with van der Waals surface area (Å²) in [6.45, 7) is 2.74. The Balaban J connectivity index is 3.14. The second-order valence-corrected chi connectivity index (χ2v) is 2.76. The molecule has 5 heteroatoms. The minimum absolute atomic E-state index is 0.0828. The minimum Gasteiger partial charge on any atom is -0.382 e. The van der Waals surface area contributed by atoms with Crippen LogP contribution in [0.25, 0.3) is 0 Å². The zero-order chi connectivity index (χ0) is 11.4. The number of carbonyl (C=O) groups excluding carboxylic acids is 1. The largest absolute Gasteiger partial charge is 0.382 e. The molecule has 2 N–H and O–H groups in total. The van der Waals surface area contributed by atoms with Gasteiger partial charge in [0, 0.05) is 13.7 Å². The number of terminal acetylenes is 1. The topological polar surface area (TPSA) is 59.6 Å². The molecule has 0 aliphatic rings. The summed E-state index contributed by atoms with van der Waals surface area (Å²) < 4.78 is 9.95. The Morgan fingerprint density at radius 1 is 1.40 bits per heavy atom. The molecular weight excluding hydrogens is 196 g/mol. The molecule has 0 fully saturated rings. The zero-order valence-electron chi connectivity index (χ0n) is 9.04. The third-order valence-electron chi connectivity index (χ3n) is 1.51. The second kappa shape index (κ2) is 11.0. The fourth-order valence-electron chi connectivity index (χ4n) is 0.818. The van der Waals surface area contributed by atoms with Crippen LogP contribution in [-0.2, 0) is 14.3 Å². The highest BCUT2D eigenvalue weighted by Gasteiger charge is 1.97. The van der Waals surface area contributed by atoms with Crippen molar-refractivity contribution in [2.75, 3.05) is 46.6 Å². The molecule has 0 radical (unpaired) electrons. The first-order valence-corrected chi connectivity index (χ1v) is 4.78. The van der Waals surface area contributed by atoms with E-state index >= 15 is 0 Å².